The summed E-state index contributed by atoms with van der Waals surface area (Å²) in [5.74, 6) is 1.28. The highest BCUT2D eigenvalue weighted by Gasteiger charge is 2.56. The van der Waals surface area contributed by atoms with Gasteiger partial charge in [-0.25, -0.2) is 0 Å². The number of ether oxygens (including phenoxy) is 3. The molecule has 1 amide bonds. The number of aromatic hydroxyl groups is 2. The molecule has 0 spiro atoms. The molecule has 3 aromatic carbocycles. The van der Waals surface area contributed by atoms with E-state index in [1.54, 1.807) is 14.2 Å². The van der Waals surface area contributed by atoms with Crippen LogP contribution in [0.15, 0.2) is 30.3 Å². The molecule has 1 unspecified atom stereocenters. The standard InChI is InChI=1S/C36H42N4O6/c1-18-19(2)35(45-6)33(43)30-22(18)14-24-26(16-37)40-25(31(30)39(24)4)15-23-29(32(42)36(46-7)20(3)34(23)44-5)27(40)17-38-28(41)13-21-11-9-8-10-12-21/h8-12,24-27,31,42-43H,13-15,17H2,1-7H3,(H,38,41)/t24-,25-,26?,27-,31-/m0/s1. The topological polar surface area (TPSA) is 128 Å². The van der Waals surface area contributed by atoms with Gasteiger partial charge < -0.3 is 29.7 Å². The van der Waals surface area contributed by atoms with Crippen molar-refractivity contribution < 1.29 is 29.2 Å². The number of methoxy groups -OCH3 is 3. The predicted octanol–water partition coefficient (Wildman–Crippen LogP) is 4.18. The first-order valence-corrected chi connectivity index (χ1v) is 15.6. The number of rotatable bonds is 7. The Bertz CT molecular complexity index is 1740. The quantitative estimate of drug-likeness (QED) is 0.354. The molecule has 1 fully saturated rings. The number of hydrogen-bond acceptors (Lipinski definition) is 9. The van der Waals surface area contributed by atoms with Gasteiger partial charge in [0.2, 0.25) is 5.91 Å². The first-order valence-electron chi connectivity index (χ1n) is 15.6. The van der Waals surface area contributed by atoms with Crippen molar-refractivity contribution in [3.05, 3.63) is 74.8 Å². The Morgan fingerprint density at radius 1 is 0.891 bits per heavy atom. The zero-order valence-corrected chi connectivity index (χ0v) is 27.5. The molecule has 0 aliphatic carbocycles. The van der Waals surface area contributed by atoms with Crippen LogP contribution < -0.4 is 19.5 Å². The number of benzene rings is 3. The number of fused-ring (bicyclic) bond motifs is 7. The summed E-state index contributed by atoms with van der Waals surface area (Å²) in [6.07, 6.45) is 1.19. The maximum Gasteiger partial charge on any atom is 0.224 e. The van der Waals surface area contributed by atoms with Crippen LogP contribution in [-0.4, -0.2) is 79.0 Å². The van der Waals surface area contributed by atoms with Crippen LogP contribution in [0.1, 0.15) is 56.6 Å². The smallest absolute Gasteiger partial charge is 0.224 e. The minimum Gasteiger partial charge on any atom is -0.504 e. The number of nitrogens with zero attached hydrogens (tertiary/aromatic N) is 3. The molecule has 3 heterocycles. The van der Waals surface area contributed by atoms with Crippen molar-refractivity contribution in [2.45, 2.75) is 70.2 Å². The molecular weight excluding hydrogens is 584 g/mol. The zero-order valence-electron chi connectivity index (χ0n) is 27.5. The van der Waals surface area contributed by atoms with E-state index in [4.69, 9.17) is 14.2 Å². The third-order valence-corrected chi connectivity index (χ3v) is 10.6. The van der Waals surface area contributed by atoms with E-state index in [1.807, 2.05) is 58.2 Å². The SMILES string of the molecule is COc1c(C)c(C)c2c(c1O)[C@@H]1[C@@H]3Cc4c(OC)c(C)c(OC)c(O)c4[C@H](CNC(=O)Cc4ccccc4)N3C(C#N)[C@H](C2)N1C. The van der Waals surface area contributed by atoms with Crippen LogP contribution in [0.4, 0.5) is 0 Å². The summed E-state index contributed by atoms with van der Waals surface area (Å²) in [4.78, 5) is 17.7. The number of hydrogen-bond donors (Lipinski definition) is 3. The number of phenolic OH excluding ortho intramolecular Hbond substituents is 2. The van der Waals surface area contributed by atoms with Gasteiger partial charge in [-0.1, -0.05) is 30.3 Å². The van der Waals surface area contributed by atoms with Crippen molar-refractivity contribution >= 4 is 5.91 Å². The highest BCUT2D eigenvalue weighted by atomic mass is 16.5. The van der Waals surface area contributed by atoms with E-state index in [0.29, 0.717) is 41.2 Å². The van der Waals surface area contributed by atoms with Gasteiger partial charge in [-0.05, 0) is 62.9 Å². The lowest BCUT2D eigenvalue weighted by Gasteiger charge is -2.60. The van der Waals surface area contributed by atoms with Crippen LogP contribution in [0, 0.1) is 32.1 Å². The number of carbonyl (C=O) groups excluding carboxylic acids is 1. The minimum absolute atomic E-state index is 0.0197. The second-order valence-electron chi connectivity index (χ2n) is 12.6. The zero-order chi connectivity index (χ0) is 33.0. The van der Waals surface area contributed by atoms with Crippen LogP contribution in [0.3, 0.4) is 0 Å². The molecule has 6 rings (SSSR count). The largest absolute Gasteiger partial charge is 0.504 e. The Kier molecular flexibility index (Phi) is 8.25. The van der Waals surface area contributed by atoms with Gasteiger partial charge in [0.15, 0.2) is 23.0 Å². The second-order valence-corrected chi connectivity index (χ2v) is 12.6. The van der Waals surface area contributed by atoms with Gasteiger partial charge in [0, 0.05) is 40.9 Å². The third-order valence-electron chi connectivity index (χ3n) is 10.6. The molecule has 3 aromatic rings. The molecule has 3 aliphatic heterocycles. The molecule has 5 atom stereocenters. The number of carbonyl (C=O) groups is 1. The van der Waals surface area contributed by atoms with E-state index >= 15 is 0 Å². The summed E-state index contributed by atoms with van der Waals surface area (Å²) >= 11 is 0. The third kappa shape index (κ3) is 4.64. The van der Waals surface area contributed by atoms with Crippen molar-refractivity contribution in [2.24, 2.45) is 0 Å². The van der Waals surface area contributed by atoms with Gasteiger partial charge in [-0.3, -0.25) is 14.6 Å². The summed E-state index contributed by atoms with van der Waals surface area (Å²) in [5.41, 5.74) is 6.72. The van der Waals surface area contributed by atoms with Crippen LogP contribution in [-0.2, 0) is 24.1 Å². The van der Waals surface area contributed by atoms with Crippen LogP contribution >= 0.6 is 0 Å². The second kappa shape index (κ2) is 12.0. The van der Waals surface area contributed by atoms with E-state index in [9.17, 15) is 20.3 Å². The van der Waals surface area contributed by atoms with Gasteiger partial charge in [0.1, 0.15) is 11.8 Å². The van der Waals surface area contributed by atoms with Gasteiger partial charge in [0.25, 0.3) is 0 Å². The summed E-state index contributed by atoms with van der Waals surface area (Å²) < 4.78 is 17.4. The molecule has 1 saturated heterocycles. The van der Waals surface area contributed by atoms with E-state index in [1.165, 1.54) is 7.11 Å². The number of nitrogens with one attached hydrogen (secondary N) is 1. The number of nitriles is 1. The molecule has 0 radical (unpaired) electrons. The monoisotopic (exact) mass is 626 g/mol. The molecule has 10 heteroatoms. The number of phenols is 2. The number of amides is 1. The van der Waals surface area contributed by atoms with E-state index in [2.05, 4.69) is 21.2 Å². The Morgan fingerprint density at radius 3 is 2.13 bits per heavy atom. The van der Waals surface area contributed by atoms with Gasteiger partial charge >= 0.3 is 0 Å². The highest BCUT2D eigenvalue weighted by molar-refractivity contribution is 5.78. The van der Waals surface area contributed by atoms with Crippen molar-refractivity contribution in [1.29, 1.82) is 5.26 Å². The average molecular weight is 627 g/mol. The maximum atomic E-state index is 13.3. The lowest BCUT2D eigenvalue weighted by Crippen LogP contribution is -2.68. The first-order chi connectivity index (χ1) is 22.1. The molecule has 0 aromatic heterocycles. The normalized spacial score (nSPS) is 23.4. The minimum atomic E-state index is -0.586. The highest BCUT2D eigenvalue weighted by Crippen LogP contribution is 2.57. The Morgan fingerprint density at radius 2 is 1.50 bits per heavy atom. The lowest BCUT2D eigenvalue weighted by atomic mass is 9.70. The Balaban J connectivity index is 1.54. The van der Waals surface area contributed by atoms with E-state index in [-0.39, 0.29) is 48.5 Å². The van der Waals surface area contributed by atoms with Crippen molar-refractivity contribution in [3.63, 3.8) is 0 Å². The fourth-order valence-corrected chi connectivity index (χ4v) is 8.40. The first kappa shape index (κ1) is 31.5. The van der Waals surface area contributed by atoms with Crippen LogP contribution in [0.5, 0.6) is 28.7 Å². The number of likely N-dealkylation sites (N-methyl/N-ethyl adjacent to an activating group) is 1. The molecular formula is C36H42N4O6. The predicted molar refractivity (Wildman–Crippen MR) is 173 cm³/mol. The van der Waals surface area contributed by atoms with Crippen LogP contribution in [0.2, 0.25) is 0 Å². The lowest BCUT2D eigenvalue weighted by molar-refractivity contribution is -0.121. The van der Waals surface area contributed by atoms with E-state index < -0.39 is 12.1 Å². The van der Waals surface area contributed by atoms with Crippen molar-refractivity contribution in [1.82, 2.24) is 15.1 Å². The van der Waals surface area contributed by atoms with Crippen molar-refractivity contribution in [3.8, 4) is 34.8 Å². The number of piperazine rings is 1. The van der Waals surface area contributed by atoms with Gasteiger partial charge in [0.05, 0.1) is 45.9 Å². The Hall–Kier alpha value is -4.46. The molecule has 3 aliphatic rings. The molecule has 46 heavy (non-hydrogen) atoms. The van der Waals surface area contributed by atoms with Gasteiger partial charge in [-0.15, -0.1) is 0 Å². The summed E-state index contributed by atoms with van der Waals surface area (Å²) in [6.45, 7) is 5.99. The van der Waals surface area contributed by atoms with E-state index in [0.717, 1.165) is 33.4 Å². The molecule has 3 N–H and O–H groups in total. The van der Waals surface area contributed by atoms with Gasteiger partial charge in [-0.2, -0.15) is 5.26 Å². The maximum absolute atomic E-state index is 13.3. The summed E-state index contributed by atoms with van der Waals surface area (Å²) in [6, 6.07) is 10.1. The molecule has 242 valence electrons. The van der Waals surface area contributed by atoms with Crippen LogP contribution in [0.25, 0.3) is 0 Å². The average Bonchev–Trinajstić information content (AvgIpc) is 3.04. The van der Waals surface area contributed by atoms with Crippen molar-refractivity contribution in [2.75, 3.05) is 34.9 Å². The fourth-order valence-electron chi connectivity index (χ4n) is 8.40. The summed E-state index contributed by atoms with van der Waals surface area (Å²) in [7, 11) is 6.69. The fraction of sp³-hybridized carbons (Fsp3) is 0.444. The summed E-state index contributed by atoms with van der Waals surface area (Å²) in [5, 5.41) is 37.5. The molecule has 0 saturated carbocycles. The molecule has 10 nitrogen and oxygen atoms in total. The Labute approximate surface area is 270 Å². The molecule has 2 bridgehead atoms.